The molecule has 5 nitrogen and oxygen atoms in total. The van der Waals surface area contributed by atoms with Crippen molar-refractivity contribution in [3.05, 3.63) is 0 Å². The molecule has 1 aliphatic rings. The van der Waals surface area contributed by atoms with E-state index in [9.17, 15) is 9.59 Å². The van der Waals surface area contributed by atoms with Gasteiger partial charge in [-0.2, -0.15) is 0 Å². The summed E-state index contributed by atoms with van der Waals surface area (Å²) in [5, 5.41) is 8.91. The molecule has 1 aliphatic heterocycles. The van der Waals surface area contributed by atoms with E-state index in [4.69, 9.17) is 10.8 Å². The molecule has 0 radical (unpaired) electrons. The van der Waals surface area contributed by atoms with Gasteiger partial charge in [-0.05, 0) is 19.3 Å². The Balaban J connectivity index is 2.62. The third kappa shape index (κ3) is 2.68. The van der Waals surface area contributed by atoms with E-state index in [1.54, 1.807) is 0 Å². The van der Waals surface area contributed by atoms with E-state index >= 15 is 0 Å². The number of carbonyl (C=O) groups excluding carboxylic acids is 1. The summed E-state index contributed by atoms with van der Waals surface area (Å²) < 4.78 is 0. The third-order valence-corrected chi connectivity index (χ3v) is 2.74. The Bertz CT molecular complexity index is 255. The smallest absolute Gasteiger partial charge is 0.326 e. The van der Waals surface area contributed by atoms with Gasteiger partial charge in [0, 0.05) is 6.54 Å². The molecule has 0 aromatic rings. The topological polar surface area (TPSA) is 83.6 Å². The van der Waals surface area contributed by atoms with Gasteiger partial charge in [0.2, 0.25) is 5.91 Å². The maximum atomic E-state index is 11.8. The van der Waals surface area contributed by atoms with E-state index in [2.05, 4.69) is 0 Å². The molecule has 1 rings (SSSR count). The number of rotatable bonds is 4. The van der Waals surface area contributed by atoms with E-state index in [1.165, 1.54) is 4.90 Å². The van der Waals surface area contributed by atoms with Crippen molar-refractivity contribution in [2.75, 3.05) is 6.54 Å². The fourth-order valence-electron chi connectivity index (χ4n) is 1.93. The minimum absolute atomic E-state index is 0.221. The highest BCUT2D eigenvalue weighted by molar-refractivity contribution is 5.87. The molecular formula is C10H18N2O3. The summed E-state index contributed by atoms with van der Waals surface area (Å²) in [6.45, 7) is 2.47. The van der Waals surface area contributed by atoms with Crippen molar-refractivity contribution in [1.82, 2.24) is 4.90 Å². The van der Waals surface area contributed by atoms with Crippen LogP contribution in [0.25, 0.3) is 0 Å². The minimum Gasteiger partial charge on any atom is -0.480 e. The summed E-state index contributed by atoms with van der Waals surface area (Å²) in [6.07, 6.45) is 2.74. The molecule has 5 heteroatoms. The summed E-state index contributed by atoms with van der Waals surface area (Å²) in [4.78, 5) is 24.1. The first-order valence-corrected chi connectivity index (χ1v) is 5.36. The lowest BCUT2D eigenvalue weighted by Crippen LogP contribution is -2.48. The zero-order chi connectivity index (χ0) is 11.4. The summed E-state index contributed by atoms with van der Waals surface area (Å²) in [5.74, 6) is -1.15. The van der Waals surface area contributed by atoms with Gasteiger partial charge in [0.25, 0.3) is 0 Å². The van der Waals surface area contributed by atoms with Crippen molar-refractivity contribution in [3.8, 4) is 0 Å². The Morgan fingerprint density at radius 1 is 1.60 bits per heavy atom. The van der Waals surface area contributed by atoms with Crippen molar-refractivity contribution in [1.29, 1.82) is 0 Å². The average molecular weight is 214 g/mol. The number of likely N-dealkylation sites (tertiary alicyclic amines) is 1. The van der Waals surface area contributed by atoms with Crippen LogP contribution in [0.2, 0.25) is 0 Å². The van der Waals surface area contributed by atoms with Crippen molar-refractivity contribution < 1.29 is 14.7 Å². The highest BCUT2D eigenvalue weighted by Crippen LogP contribution is 2.18. The first-order valence-electron chi connectivity index (χ1n) is 5.36. The van der Waals surface area contributed by atoms with Crippen LogP contribution in [0.3, 0.4) is 0 Å². The molecule has 0 bridgehead atoms. The monoisotopic (exact) mass is 214 g/mol. The van der Waals surface area contributed by atoms with E-state index in [0.717, 1.165) is 12.8 Å². The van der Waals surface area contributed by atoms with Crippen molar-refractivity contribution in [2.24, 2.45) is 5.73 Å². The summed E-state index contributed by atoms with van der Waals surface area (Å²) in [6, 6.07) is -1.21. The van der Waals surface area contributed by atoms with Crippen LogP contribution >= 0.6 is 0 Å². The van der Waals surface area contributed by atoms with Crippen molar-refractivity contribution >= 4 is 11.9 Å². The first-order chi connectivity index (χ1) is 7.07. The first kappa shape index (κ1) is 12.0. The Kier molecular flexibility index (Phi) is 4.08. The molecule has 0 spiro atoms. The second-order valence-corrected chi connectivity index (χ2v) is 3.92. The quantitative estimate of drug-likeness (QED) is 0.699. The molecule has 2 atom stereocenters. The van der Waals surface area contributed by atoms with E-state index in [0.29, 0.717) is 19.4 Å². The van der Waals surface area contributed by atoms with Crippen molar-refractivity contribution in [2.45, 2.75) is 44.7 Å². The lowest BCUT2D eigenvalue weighted by atomic mass is 10.1. The predicted octanol–water partition coefficient (Wildman–Crippen LogP) is 0.189. The van der Waals surface area contributed by atoms with Gasteiger partial charge in [-0.15, -0.1) is 0 Å². The number of hydrogen-bond donors (Lipinski definition) is 2. The molecule has 0 aliphatic carbocycles. The van der Waals surface area contributed by atoms with Gasteiger partial charge in [-0.3, -0.25) is 4.79 Å². The number of carboxylic acid groups (broad SMARTS) is 1. The largest absolute Gasteiger partial charge is 0.480 e. The molecule has 1 amide bonds. The third-order valence-electron chi connectivity index (χ3n) is 2.74. The molecule has 1 saturated heterocycles. The summed E-state index contributed by atoms with van der Waals surface area (Å²) in [5.41, 5.74) is 5.69. The Morgan fingerprint density at radius 2 is 2.27 bits per heavy atom. The van der Waals surface area contributed by atoms with E-state index < -0.39 is 18.1 Å². The average Bonchev–Trinajstić information content (AvgIpc) is 2.65. The molecule has 0 saturated carbocycles. The zero-order valence-corrected chi connectivity index (χ0v) is 8.98. The number of carboxylic acids is 1. The van der Waals surface area contributed by atoms with E-state index in [1.807, 2.05) is 6.92 Å². The summed E-state index contributed by atoms with van der Waals surface area (Å²) >= 11 is 0. The SMILES string of the molecule is CCC[C@H](N)C(=O)N1CCC[C@@H]1C(=O)O. The van der Waals surface area contributed by atoms with Crippen LogP contribution in [0, 0.1) is 0 Å². The fourth-order valence-corrected chi connectivity index (χ4v) is 1.93. The molecule has 15 heavy (non-hydrogen) atoms. The number of amides is 1. The van der Waals surface area contributed by atoms with Gasteiger partial charge in [0.15, 0.2) is 0 Å². The highest BCUT2D eigenvalue weighted by atomic mass is 16.4. The second kappa shape index (κ2) is 5.11. The molecule has 0 aromatic heterocycles. The van der Waals surface area contributed by atoms with Crippen LogP contribution in [0.15, 0.2) is 0 Å². The zero-order valence-electron chi connectivity index (χ0n) is 8.98. The molecule has 1 heterocycles. The van der Waals surface area contributed by atoms with Crippen LogP contribution in [0.4, 0.5) is 0 Å². The fraction of sp³-hybridized carbons (Fsp3) is 0.800. The maximum Gasteiger partial charge on any atom is 0.326 e. The molecule has 3 N–H and O–H groups in total. The molecular weight excluding hydrogens is 196 g/mol. The number of carbonyl (C=O) groups is 2. The Morgan fingerprint density at radius 3 is 2.80 bits per heavy atom. The lowest BCUT2D eigenvalue weighted by molar-refractivity contribution is -0.148. The van der Waals surface area contributed by atoms with Crippen LogP contribution in [0.1, 0.15) is 32.6 Å². The number of aliphatic carboxylic acids is 1. The number of nitrogens with zero attached hydrogens (tertiary/aromatic N) is 1. The standard InChI is InChI=1S/C10H18N2O3/c1-2-4-7(11)9(13)12-6-3-5-8(12)10(14)15/h7-8H,2-6,11H2,1H3,(H,14,15)/t7-,8+/m0/s1. The van der Waals surface area contributed by atoms with Gasteiger partial charge in [0.1, 0.15) is 6.04 Å². The second-order valence-electron chi connectivity index (χ2n) is 3.92. The number of nitrogens with two attached hydrogens (primary N) is 1. The Hall–Kier alpha value is -1.10. The lowest BCUT2D eigenvalue weighted by Gasteiger charge is -2.24. The Labute approximate surface area is 89.2 Å². The van der Waals surface area contributed by atoms with Gasteiger partial charge < -0.3 is 15.7 Å². The summed E-state index contributed by atoms with van der Waals surface area (Å²) in [7, 11) is 0. The van der Waals surface area contributed by atoms with Crippen LogP contribution < -0.4 is 5.73 Å². The number of hydrogen-bond acceptors (Lipinski definition) is 3. The van der Waals surface area contributed by atoms with Gasteiger partial charge in [0.05, 0.1) is 6.04 Å². The molecule has 0 aromatic carbocycles. The molecule has 86 valence electrons. The van der Waals surface area contributed by atoms with Crippen LogP contribution in [-0.4, -0.2) is 40.5 Å². The van der Waals surface area contributed by atoms with Crippen LogP contribution in [-0.2, 0) is 9.59 Å². The minimum atomic E-state index is -0.926. The van der Waals surface area contributed by atoms with E-state index in [-0.39, 0.29) is 5.91 Å². The van der Waals surface area contributed by atoms with Crippen molar-refractivity contribution in [3.63, 3.8) is 0 Å². The molecule has 1 fully saturated rings. The van der Waals surface area contributed by atoms with Gasteiger partial charge in [-0.25, -0.2) is 4.79 Å². The maximum absolute atomic E-state index is 11.8. The van der Waals surface area contributed by atoms with Crippen LogP contribution in [0.5, 0.6) is 0 Å². The predicted molar refractivity (Wildman–Crippen MR) is 55.3 cm³/mol. The highest BCUT2D eigenvalue weighted by Gasteiger charge is 2.35. The van der Waals surface area contributed by atoms with Gasteiger partial charge >= 0.3 is 5.97 Å². The van der Waals surface area contributed by atoms with Gasteiger partial charge in [-0.1, -0.05) is 13.3 Å². The molecule has 0 unspecified atom stereocenters. The normalized spacial score (nSPS) is 22.8.